The minimum Gasteiger partial charge on any atom is -0.497 e. The van der Waals surface area contributed by atoms with E-state index in [1.54, 1.807) is 14.2 Å². The number of aromatic nitrogens is 3. The SMILES string of the molecule is COc1cc(NCc2nnc(C)n2C)cc(OC)c1. The monoisotopic (exact) mass is 262 g/mol. The van der Waals surface area contributed by atoms with Crippen LogP contribution in [0.4, 0.5) is 5.69 Å². The Kier molecular flexibility index (Phi) is 3.89. The summed E-state index contributed by atoms with van der Waals surface area (Å²) >= 11 is 0. The predicted molar refractivity (Wildman–Crippen MR) is 72.6 cm³/mol. The quantitative estimate of drug-likeness (QED) is 0.889. The molecule has 0 unspecified atom stereocenters. The second-order valence-electron chi connectivity index (χ2n) is 4.18. The molecule has 0 radical (unpaired) electrons. The lowest BCUT2D eigenvalue weighted by atomic mass is 10.2. The van der Waals surface area contributed by atoms with Gasteiger partial charge in [0, 0.05) is 30.9 Å². The summed E-state index contributed by atoms with van der Waals surface area (Å²) in [5.41, 5.74) is 0.914. The summed E-state index contributed by atoms with van der Waals surface area (Å²) in [5.74, 6) is 3.26. The first-order valence-electron chi connectivity index (χ1n) is 5.96. The summed E-state index contributed by atoms with van der Waals surface area (Å²) in [7, 11) is 5.20. The molecule has 0 aliphatic heterocycles. The number of hydrogen-bond acceptors (Lipinski definition) is 5. The lowest BCUT2D eigenvalue weighted by molar-refractivity contribution is 0.394. The van der Waals surface area contributed by atoms with E-state index in [-0.39, 0.29) is 0 Å². The van der Waals surface area contributed by atoms with Crippen LogP contribution in [-0.4, -0.2) is 29.0 Å². The van der Waals surface area contributed by atoms with Gasteiger partial charge in [-0.15, -0.1) is 10.2 Å². The van der Waals surface area contributed by atoms with Crippen molar-refractivity contribution in [2.45, 2.75) is 13.5 Å². The molecule has 0 aliphatic rings. The third kappa shape index (κ3) is 2.96. The summed E-state index contributed by atoms with van der Waals surface area (Å²) in [4.78, 5) is 0. The van der Waals surface area contributed by atoms with Gasteiger partial charge < -0.3 is 19.4 Å². The lowest BCUT2D eigenvalue weighted by Crippen LogP contribution is -2.07. The minimum absolute atomic E-state index is 0.591. The second kappa shape index (κ2) is 5.60. The molecule has 0 aliphatic carbocycles. The van der Waals surface area contributed by atoms with E-state index in [0.717, 1.165) is 28.8 Å². The Bertz CT molecular complexity index is 544. The molecule has 102 valence electrons. The molecule has 0 saturated carbocycles. The highest BCUT2D eigenvalue weighted by Crippen LogP contribution is 2.25. The van der Waals surface area contributed by atoms with Gasteiger partial charge in [0.15, 0.2) is 5.82 Å². The maximum Gasteiger partial charge on any atom is 0.152 e. The van der Waals surface area contributed by atoms with E-state index in [1.165, 1.54) is 0 Å². The van der Waals surface area contributed by atoms with Gasteiger partial charge in [-0.2, -0.15) is 0 Å². The van der Waals surface area contributed by atoms with Gasteiger partial charge in [0.2, 0.25) is 0 Å². The summed E-state index contributed by atoms with van der Waals surface area (Å²) in [6, 6.07) is 5.65. The van der Waals surface area contributed by atoms with Crippen LogP contribution in [0.3, 0.4) is 0 Å². The molecule has 0 atom stereocenters. The maximum atomic E-state index is 5.22. The van der Waals surface area contributed by atoms with Crippen molar-refractivity contribution in [2.24, 2.45) is 7.05 Å². The van der Waals surface area contributed by atoms with Crippen molar-refractivity contribution in [3.63, 3.8) is 0 Å². The van der Waals surface area contributed by atoms with E-state index in [2.05, 4.69) is 15.5 Å². The predicted octanol–water partition coefficient (Wildman–Crippen LogP) is 1.75. The Balaban J connectivity index is 2.12. The van der Waals surface area contributed by atoms with E-state index < -0.39 is 0 Å². The topological polar surface area (TPSA) is 61.2 Å². The number of anilines is 1. The average molecular weight is 262 g/mol. The normalized spacial score (nSPS) is 10.3. The molecule has 1 heterocycles. The maximum absolute atomic E-state index is 5.22. The molecule has 2 aromatic rings. The number of methoxy groups -OCH3 is 2. The first-order chi connectivity index (χ1) is 9.13. The molecule has 0 amide bonds. The van der Waals surface area contributed by atoms with E-state index in [0.29, 0.717) is 6.54 Å². The van der Waals surface area contributed by atoms with Crippen LogP contribution in [0.15, 0.2) is 18.2 Å². The largest absolute Gasteiger partial charge is 0.497 e. The van der Waals surface area contributed by atoms with Gasteiger partial charge >= 0.3 is 0 Å². The van der Waals surface area contributed by atoms with Crippen molar-refractivity contribution in [1.82, 2.24) is 14.8 Å². The third-order valence-corrected chi connectivity index (χ3v) is 2.98. The molecule has 2 rings (SSSR count). The second-order valence-corrected chi connectivity index (χ2v) is 4.18. The highest BCUT2D eigenvalue weighted by Gasteiger charge is 2.06. The summed E-state index contributed by atoms with van der Waals surface area (Å²) < 4.78 is 12.4. The Morgan fingerprint density at radius 2 is 1.74 bits per heavy atom. The van der Waals surface area contributed by atoms with Crippen molar-refractivity contribution >= 4 is 5.69 Å². The van der Waals surface area contributed by atoms with Crippen LogP contribution in [0.5, 0.6) is 11.5 Å². The van der Waals surface area contributed by atoms with Crippen LogP contribution < -0.4 is 14.8 Å². The molecule has 1 aromatic heterocycles. The fraction of sp³-hybridized carbons (Fsp3) is 0.385. The van der Waals surface area contributed by atoms with Gasteiger partial charge in [-0.25, -0.2) is 0 Å². The lowest BCUT2D eigenvalue weighted by Gasteiger charge is -2.10. The van der Waals surface area contributed by atoms with E-state index >= 15 is 0 Å². The Morgan fingerprint density at radius 3 is 2.21 bits per heavy atom. The van der Waals surface area contributed by atoms with Crippen LogP contribution in [0.1, 0.15) is 11.6 Å². The molecule has 0 spiro atoms. The number of rotatable bonds is 5. The average Bonchev–Trinajstić information content (AvgIpc) is 2.76. The number of hydrogen-bond donors (Lipinski definition) is 1. The van der Waals surface area contributed by atoms with Gasteiger partial charge in [-0.1, -0.05) is 0 Å². The Morgan fingerprint density at radius 1 is 1.11 bits per heavy atom. The number of benzene rings is 1. The molecule has 0 saturated heterocycles. The van der Waals surface area contributed by atoms with Crippen molar-refractivity contribution in [3.8, 4) is 11.5 Å². The van der Waals surface area contributed by atoms with Gasteiger partial charge in [-0.05, 0) is 6.92 Å². The van der Waals surface area contributed by atoms with Crippen molar-refractivity contribution < 1.29 is 9.47 Å². The summed E-state index contributed by atoms with van der Waals surface area (Å²) in [6.45, 7) is 2.51. The van der Waals surface area contributed by atoms with Gasteiger partial charge in [0.05, 0.1) is 20.8 Å². The summed E-state index contributed by atoms with van der Waals surface area (Å²) in [6.07, 6.45) is 0. The molecule has 6 nitrogen and oxygen atoms in total. The fourth-order valence-electron chi connectivity index (χ4n) is 1.70. The van der Waals surface area contributed by atoms with E-state index in [9.17, 15) is 0 Å². The smallest absolute Gasteiger partial charge is 0.152 e. The van der Waals surface area contributed by atoms with Gasteiger partial charge in [0.25, 0.3) is 0 Å². The molecule has 0 bridgehead atoms. The Hall–Kier alpha value is -2.24. The van der Waals surface area contributed by atoms with Crippen LogP contribution in [-0.2, 0) is 13.6 Å². The minimum atomic E-state index is 0.591. The first kappa shape index (κ1) is 13.2. The summed E-state index contributed by atoms with van der Waals surface area (Å²) in [5, 5.41) is 11.4. The van der Waals surface area contributed by atoms with Gasteiger partial charge in [0.1, 0.15) is 17.3 Å². The highest BCUT2D eigenvalue weighted by molar-refractivity contribution is 5.53. The third-order valence-electron chi connectivity index (χ3n) is 2.98. The van der Waals surface area contributed by atoms with Crippen molar-refractivity contribution in [2.75, 3.05) is 19.5 Å². The van der Waals surface area contributed by atoms with E-state index in [1.807, 2.05) is 36.7 Å². The van der Waals surface area contributed by atoms with Crippen LogP contribution >= 0.6 is 0 Å². The molecular formula is C13H18N4O2. The Labute approximate surface area is 112 Å². The molecule has 1 aromatic carbocycles. The standard InChI is InChI=1S/C13H18N4O2/c1-9-15-16-13(17(9)2)8-14-10-5-11(18-3)7-12(6-10)19-4/h5-7,14H,8H2,1-4H3. The van der Waals surface area contributed by atoms with Gasteiger partial charge in [-0.3, -0.25) is 0 Å². The molecular weight excluding hydrogens is 244 g/mol. The highest BCUT2D eigenvalue weighted by atomic mass is 16.5. The number of ether oxygens (including phenoxy) is 2. The number of aryl methyl sites for hydroxylation is 1. The number of nitrogens with zero attached hydrogens (tertiary/aromatic N) is 3. The van der Waals surface area contributed by atoms with Crippen molar-refractivity contribution in [1.29, 1.82) is 0 Å². The van der Waals surface area contributed by atoms with Crippen LogP contribution in [0, 0.1) is 6.92 Å². The zero-order valence-electron chi connectivity index (χ0n) is 11.6. The molecule has 1 N–H and O–H groups in total. The zero-order valence-corrected chi connectivity index (χ0v) is 11.6. The zero-order chi connectivity index (χ0) is 13.8. The fourth-order valence-corrected chi connectivity index (χ4v) is 1.70. The molecule has 19 heavy (non-hydrogen) atoms. The van der Waals surface area contributed by atoms with Crippen LogP contribution in [0.25, 0.3) is 0 Å². The van der Waals surface area contributed by atoms with E-state index in [4.69, 9.17) is 9.47 Å². The molecule has 6 heteroatoms. The molecule has 0 fully saturated rings. The van der Waals surface area contributed by atoms with Crippen LogP contribution in [0.2, 0.25) is 0 Å². The first-order valence-corrected chi connectivity index (χ1v) is 5.96. The number of nitrogens with one attached hydrogen (secondary N) is 1. The van der Waals surface area contributed by atoms with Crippen molar-refractivity contribution in [3.05, 3.63) is 29.8 Å².